The van der Waals surface area contributed by atoms with Crippen LogP contribution in [0.4, 0.5) is 4.39 Å². The Hall–Kier alpha value is -1.68. The fourth-order valence-electron chi connectivity index (χ4n) is 1.75. The van der Waals surface area contributed by atoms with Gasteiger partial charge in [0, 0.05) is 0 Å². The van der Waals surface area contributed by atoms with Crippen LogP contribution in [-0.4, -0.2) is 8.42 Å². The quantitative estimate of drug-likeness (QED) is 0.851. The normalized spacial score (nSPS) is 13.2. The predicted octanol–water partition coefficient (Wildman–Crippen LogP) is 3.36. The third kappa shape index (κ3) is 2.43. The fourth-order valence-corrected chi connectivity index (χ4v) is 3.22. The Bertz CT molecular complexity index is 636. The van der Waals surface area contributed by atoms with Gasteiger partial charge in [-0.15, -0.1) is 0 Å². The van der Waals surface area contributed by atoms with Gasteiger partial charge in [0.05, 0.1) is 10.1 Å². The third-order valence-electron chi connectivity index (χ3n) is 2.86. The molecule has 18 heavy (non-hydrogen) atoms. The van der Waals surface area contributed by atoms with Crippen molar-refractivity contribution in [2.45, 2.75) is 17.1 Å². The Morgan fingerprint density at radius 2 is 1.67 bits per heavy atom. The molecule has 0 radical (unpaired) electrons. The molecule has 0 bridgehead atoms. The Balaban J connectivity index is 2.44. The highest BCUT2D eigenvalue weighted by Crippen LogP contribution is 2.28. The van der Waals surface area contributed by atoms with E-state index in [-0.39, 0.29) is 4.90 Å². The molecule has 2 aromatic rings. The van der Waals surface area contributed by atoms with Crippen molar-refractivity contribution in [2.24, 2.45) is 0 Å². The van der Waals surface area contributed by atoms with Gasteiger partial charge in [-0.2, -0.15) is 0 Å². The summed E-state index contributed by atoms with van der Waals surface area (Å²) in [5.74, 6) is -0.545. The Morgan fingerprint density at radius 1 is 1.00 bits per heavy atom. The molecule has 0 amide bonds. The molecule has 0 heterocycles. The van der Waals surface area contributed by atoms with Crippen molar-refractivity contribution in [2.75, 3.05) is 0 Å². The lowest BCUT2D eigenvalue weighted by Crippen LogP contribution is -2.10. The molecule has 0 saturated carbocycles. The first-order valence-electron chi connectivity index (χ1n) is 5.56. The van der Waals surface area contributed by atoms with Crippen LogP contribution in [0.3, 0.4) is 0 Å². The van der Waals surface area contributed by atoms with Crippen molar-refractivity contribution in [1.29, 1.82) is 0 Å². The van der Waals surface area contributed by atoms with Crippen LogP contribution >= 0.6 is 0 Å². The molecule has 0 spiro atoms. The first kappa shape index (κ1) is 12.8. The van der Waals surface area contributed by atoms with Crippen molar-refractivity contribution in [3.63, 3.8) is 0 Å². The topological polar surface area (TPSA) is 34.1 Å². The van der Waals surface area contributed by atoms with Gasteiger partial charge < -0.3 is 0 Å². The number of hydrogen-bond acceptors (Lipinski definition) is 2. The van der Waals surface area contributed by atoms with Crippen molar-refractivity contribution in [3.8, 4) is 0 Å². The molecule has 2 aromatic carbocycles. The monoisotopic (exact) mass is 264 g/mol. The number of rotatable bonds is 3. The summed E-state index contributed by atoms with van der Waals surface area (Å²) in [6.45, 7) is 1.61. The summed E-state index contributed by atoms with van der Waals surface area (Å²) in [7, 11) is -3.55. The van der Waals surface area contributed by atoms with Crippen molar-refractivity contribution in [1.82, 2.24) is 0 Å². The van der Waals surface area contributed by atoms with Gasteiger partial charge in [-0.1, -0.05) is 36.4 Å². The minimum absolute atomic E-state index is 0.0128. The van der Waals surface area contributed by atoms with Gasteiger partial charge in [0.1, 0.15) is 5.82 Å². The lowest BCUT2D eigenvalue weighted by molar-refractivity contribution is 0.582. The van der Waals surface area contributed by atoms with Crippen LogP contribution in [0.25, 0.3) is 0 Å². The van der Waals surface area contributed by atoms with Gasteiger partial charge in [-0.05, 0) is 30.7 Å². The smallest absolute Gasteiger partial charge is 0.185 e. The van der Waals surface area contributed by atoms with E-state index in [1.54, 1.807) is 31.2 Å². The van der Waals surface area contributed by atoms with Crippen LogP contribution in [0.1, 0.15) is 17.7 Å². The highest BCUT2D eigenvalue weighted by atomic mass is 32.2. The number of halogens is 1. The van der Waals surface area contributed by atoms with Crippen LogP contribution in [0.2, 0.25) is 0 Å². The molecule has 0 aliphatic rings. The van der Waals surface area contributed by atoms with E-state index in [1.165, 1.54) is 18.2 Å². The molecule has 0 saturated heterocycles. The summed E-state index contributed by atoms with van der Waals surface area (Å²) in [4.78, 5) is 0.0128. The van der Waals surface area contributed by atoms with Crippen LogP contribution < -0.4 is 0 Å². The number of sulfone groups is 1. The van der Waals surface area contributed by atoms with Crippen LogP contribution in [0.5, 0.6) is 0 Å². The van der Waals surface area contributed by atoms with E-state index in [0.29, 0.717) is 5.56 Å². The van der Waals surface area contributed by atoms with E-state index in [9.17, 15) is 12.8 Å². The van der Waals surface area contributed by atoms with Gasteiger partial charge >= 0.3 is 0 Å². The zero-order chi connectivity index (χ0) is 13.2. The highest BCUT2D eigenvalue weighted by Gasteiger charge is 2.24. The molecule has 94 valence electrons. The maximum atomic E-state index is 13.1. The summed E-state index contributed by atoms with van der Waals surface area (Å²) in [6, 6.07) is 14.0. The Morgan fingerprint density at radius 3 is 2.28 bits per heavy atom. The van der Waals surface area contributed by atoms with Gasteiger partial charge in [0.2, 0.25) is 0 Å². The molecule has 0 aliphatic carbocycles. The molecular formula is C14H13FO2S. The summed E-state index contributed by atoms with van der Waals surface area (Å²) >= 11 is 0. The summed E-state index contributed by atoms with van der Waals surface area (Å²) < 4.78 is 37.7. The average molecular weight is 264 g/mol. The maximum Gasteiger partial charge on any atom is 0.185 e. The van der Waals surface area contributed by atoms with Crippen molar-refractivity contribution in [3.05, 3.63) is 66.0 Å². The predicted molar refractivity (Wildman–Crippen MR) is 68.4 cm³/mol. The summed E-state index contributed by atoms with van der Waals surface area (Å²) in [5, 5.41) is -0.694. The average Bonchev–Trinajstić information content (AvgIpc) is 2.39. The first-order valence-corrected chi connectivity index (χ1v) is 7.11. The molecule has 0 unspecified atom stereocenters. The zero-order valence-electron chi connectivity index (χ0n) is 9.88. The van der Waals surface area contributed by atoms with E-state index in [0.717, 1.165) is 6.07 Å². The lowest BCUT2D eigenvalue weighted by atomic mass is 10.2. The maximum absolute atomic E-state index is 13.1. The second-order valence-corrected chi connectivity index (χ2v) is 6.32. The van der Waals surface area contributed by atoms with Gasteiger partial charge in [-0.25, -0.2) is 12.8 Å². The van der Waals surface area contributed by atoms with Gasteiger partial charge in [-0.3, -0.25) is 0 Å². The second-order valence-electron chi connectivity index (χ2n) is 4.06. The Kier molecular flexibility index (Phi) is 3.48. The van der Waals surface area contributed by atoms with E-state index in [1.807, 2.05) is 6.07 Å². The van der Waals surface area contributed by atoms with Crippen molar-refractivity contribution < 1.29 is 12.8 Å². The van der Waals surface area contributed by atoms with Crippen LogP contribution in [0, 0.1) is 5.82 Å². The minimum atomic E-state index is -3.55. The van der Waals surface area contributed by atoms with E-state index in [2.05, 4.69) is 0 Å². The van der Waals surface area contributed by atoms with Gasteiger partial charge in [0.25, 0.3) is 0 Å². The largest absolute Gasteiger partial charge is 0.223 e. The standard InChI is InChI=1S/C14H13FO2S/c1-11(12-6-3-2-4-7-12)18(16,17)14-9-5-8-13(15)10-14/h2-11H,1H3/t11-/m0/s1. The van der Waals surface area contributed by atoms with E-state index in [4.69, 9.17) is 0 Å². The molecule has 4 heteroatoms. The van der Waals surface area contributed by atoms with Crippen LogP contribution in [0.15, 0.2) is 59.5 Å². The molecular weight excluding hydrogens is 251 g/mol. The molecule has 0 aromatic heterocycles. The molecule has 2 rings (SSSR count). The summed E-state index contributed by atoms with van der Waals surface area (Å²) in [6.07, 6.45) is 0. The SMILES string of the molecule is C[C@@H](c1ccccc1)S(=O)(=O)c1cccc(F)c1. The third-order valence-corrected chi connectivity index (χ3v) is 4.97. The second kappa shape index (κ2) is 4.90. The van der Waals surface area contributed by atoms with Crippen LogP contribution in [-0.2, 0) is 9.84 Å². The molecule has 2 nitrogen and oxygen atoms in total. The minimum Gasteiger partial charge on any atom is -0.223 e. The highest BCUT2D eigenvalue weighted by molar-refractivity contribution is 7.91. The molecule has 0 N–H and O–H groups in total. The Labute approximate surface area is 106 Å². The summed E-state index contributed by atoms with van der Waals surface area (Å²) in [5.41, 5.74) is 0.696. The first-order chi connectivity index (χ1) is 8.51. The van der Waals surface area contributed by atoms with E-state index < -0.39 is 20.9 Å². The van der Waals surface area contributed by atoms with Gasteiger partial charge in [0.15, 0.2) is 9.84 Å². The van der Waals surface area contributed by atoms with Crippen molar-refractivity contribution >= 4 is 9.84 Å². The van der Waals surface area contributed by atoms with E-state index >= 15 is 0 Å². The number of hydrogen-bond donors (Lipinski definition) is 0. The number of benzene rings is 2. The molecule has 0 fully saturated rings. The zero-order valence-corrected chi connectivity index (χ0v) is 10.7. The molecule has 0 aliphatic heterocycles. The molecule has 1 atom stereocenters. The lowest BCUT2D eigenvalue weighted by Gasteiger charge is -2.13. The fraction of sp³-hybridized carbons (Fsp3) is 0.143.